The summed E-state index contributed by atoms with van der Waals surface area (Å²) in [5, 5.41) is 8.75. The van der Waals surface area contributed by atoms with Crippen molar-refractivity contribution in [3.05, 3.63) is 5.69 Å². The maximum atomic E-state index is 10.4. The van der Waals surface area contributed by atoms with Crippen LogP contribution in [0.2, 0.25) is 0 Å². The van der Waals surface area contributed by atoms with Crippen LogP contribution < -0.4 is 9.51 Å². The zero-order chi connectivity index (χ0) is 8.43. The van der Waals surface area contributed by atoms with Crippen molar-refractivity contribution < 1.29 is 14.6 Å². The molecule has 2 radical (unpaired) electrons. The van der Waals surface area contributed by atoms with Crippen LogP contribution in [-0.4, -0.2) is 31.0 Å². The molecule has 0 amide bonds. The fraction of sp³-hybridized carbons (Fsp3) is 0.200. The highest BCUT2D eigenvalue weighted by Gasteiger charge is 2.12. The van der Waals surface area contributed by atoms with Gasteiger partial charge < -0.3 is 9.84 Å². The van der Waals surface area contributed by atoms with Gasteiger partial charge >= 0.3 is 5.97 Å². The van der Waals surface area contributed by atoms with E-state index in [1.54, 1.807) is 0 Å². The molecule has 1 aromatic heterocycles. The molecule has 0 atom stereocenters. The first kappa shape index (κ1) is 8.07. The van der Waals surface area contributed by atoms with Crippen molar-refractivity contribution >= 4 is 29.9 Å². The number of rotatable bonds is 2. The van der Waals surface area contributed by atoms with Gasteiger partial charge in [-0.2, -0.15) is 4.98 Å². The first-order valence-electron chi connectivity index (χ1n) is 2.68. The van der Waals surface area contributed by atoms with Crippen molar-refractivity contribution in [2.24, 2.45) is 0 Å². The number of aromatic nitrogens is 1. The molecule has 0 saturated heterocycles. The van der Waals surface area contributed by atoms with Gasteiger partial charge in [-0.15, -0.1) is 0 Å². The lowest BCUT2D eigenvalue weighted by atomic mass is 10.1. The zero-order valence-corrected chi connectivity index (χ0v) is 6.51. The predicted octanol–water partition coefficient (Wildman–Crippen LogP) is -0.356. The van der Waals surface area contributed by atoms with Crippen LogP contribution >= 0.6 is 11.3 Å². The van der Waals surface area contributed by atoms with Gasteiger partial charge in [-0.1, -0.05) is 11.3 Å². The molecule has 6 heteroatoms. The van der Waals surface area contributed by atoms with Gasteiger partial charge in [0.1, 0.15) is 7.85 Å². The maximum absolute atomic E-state index is 10.4. The van der Waals surface area contributed by atoms with Crippen molar-refractivity contribution in [3.63, 3.8) is 0 Å². The number of carbonyl (C=O) groups is 1. The quantitative estimate of drug-likeness (QED) is 0.614. The van der Waals surface area contributed by atoms with Crippen molar-refractivity contribution in [1.29, 1.82) is 0 Å². The summed E-state index contributed by atoms with van der Waals surface area (Å²) >= 11 is 1.01. The molecular weight excluding hydrogens is 165 g/mol. The van der Waals surface area contributed by atoms with Crippen LogP contribution in [0.15, 0.2) is 0 Å². The van der Waals surface area contributed by atoms with Gasteiger partial charge in [-0.05, 0) is 4.78 Å². The summed E-state index contributed by atoms with van der Waals surface area (Å²) in [4.78, 5) is 14.0. The van der Waals surface area contributed by atoms with E-state index in [1.165, 1.54) is 7.11 Å². The largest absolute Gasteiger partial charge is 0.477 e. The third-order valence-electron chi connectivity index (χ3n) is 1.01. The molecule has 0 bridgehead atoms. The van der Waals surface area contributed by atoms with Crippen molar-refractivity contribution in [2.45, 2.75) is 0 Å². The van der Waals surface area contributed by atoms with E-state index >= 15 is 0 Å². The summed E-state index contributed by atoms with van der Waals surface area (Å²) in [5.74, 6) is -1.14. The van der Waals surface area contributed by atoms with E-state index in [2.05, 4.69) is 9.72 Å². The lowest BCUT2D eigenvalue weighted by molar-refractivity contribution is 0.0692. The molecule has 0 unspecified atom stereocenters. The molecule has 1 N–H and O–H groups in total. The highest BCUT2D eigenvalue weighted by Crippen LogP contribution is 2.13. The number of aromatic carboxylic acids is 1. The molecular formula is C5H4BNO3S. The standard InChI is InChI=1S/C5H4BNO3S/c1-10-5-7-2(4(8)9)3(6)11-5/h1H3,(H,8,9). The third-order valence-corrected chi connectivity index (χ3v) is 1.86. The van der Waals surface area contributed by atoms with Gasteiger partial charge in [0.2, 0.25) is 0 Å². The number of hydrogen-bond acceptors (Lipinski definition) is 4. The van der Waals surface area contributed by atoms with E-state index in [1.807, 2.05) is 0 Å². The highest BCUT2D eigenvalue weighted by molar-refractivity contribution is 7.21. The van der Waals surface area contributed by atoms with E-state index in [4.69, 9.17) is 13.0 Å². The average molecular weight is 169 g/mol. The van der Waals surface area contributed by atoms with Crippen LogP contribution in [0.3, 0.4) is 0 Å². The molecule has 0 fully saturated rings. The molecule has 0 aliphatic carbocycles. The van der Waals surface area contributed by atoms with Crippen molar-refractivity contribution in [2.75, 3.05) is 7.11 Å². The second kappa shape index (κ2) is 2.92. The van der Waals surface area contributed by atoms with E-state index < -0.39 is 5.97 Å². The first-order chi connectivity index (χ1) is 5.15. The van der Waals surface area contributed by atoms with Crippen LogP contribution in [0.4, 0.5) is 0 Å². The number of thiazole rings is 1. The minimum absolute atomic E-state index is 0.146. The molecule has 0 spiro atoms. The van der Waals surface area contributed by atoms with Crippen molar-refractivity contribution in [3.8, 4) is 5.19 Å². The summed E-state index contributed by atoms with van der Waals surface area (Å²) in [6.07, 6.45) is 0. The number of carboxylic acids is 1. The minimum atomic E-state index is -1.14. The average Bonchev–Trinajstić information content (AvgIpc) is 2.30. The predicted molar refractivity (Wildman–Crippen MR) is 41.0 cm³/mol. The number of nitrogens with zero attached hydrogens (tertiary/aromatic N) is 1. The Labute approximate surface area is 68.2 Å². The Balaban J connectivity index is 3.07. The fourth-order valence-electron chi connectivity index (χ4n) is 0.552. The lowest BCUT2D eigenvalue weighted by Gasteiger charge is -1.86. The molecule has 0 saturated carbocycles. The molecule has 4 nitrogen and oxygen atoms in total. The topological polar surface area (TPSA) is 59.4 Å². The summed E-state index contributed by atoms with van der Waals surface area (Å²) in [5.41, 5.74) is -0.146. The van der Waals surface area contributed by atoms with Crippen LogP contribution in [0, 0.1) is 0 Å². The van der Waals surface area contributed by atoms with Crippen LogP contribution in [0.1, 0.15) is 10.5 Å². The van der Waals surface area contributed by atoms with Gasteiger partial charge in [0, 0.05) is 0 Å². The molecule has 1 heterocycles. The number of hydrogen-bond donors (Lipinski definition) is 1. The smallest absolute Gasteiger partial charge is 0.354 e. The SMILES string of the molecule is [B]c1sc(OC)nc1C(=O)O. The zero-order valence-electron chi connectivity index (χ0n) is 5.70. The highest BCUT2D eigenvalue weighted by atomic mass is 32.1. The summed E-state index contributed by atoms with van der Waals surface area (Å²) in [7, 11) is 6.72. The van der Waals surface area contributed by atoms with Crippen LogP contribution in [0.25, 0.3) is 0 Å². The van der Waals surface area contributed by atoms with Gasteiger partial charge in [-0.3, -0.25) is 0 Å². The Bertz CT molecular complexity index is 285. The van der Waals surface area contributed by atoms with Gasteiger partial charge in [0.05, 0.1) is 7.11 Å². The normalized spacial score (nSPS) is 9.55. The summed E-state index contributed by atoms with van der Waals surface area (Å²) in [6.45, 7) is 0. The molecule has 1 aromatic rings. The molecule has 1 rings (SSSR count). The lowest BCUT2D eigenvalue weighted by Crippen LogP contribution is -2.10. The Hall–Kier alpha value is -1.04. The molecule has 11 heavy (non-hydrogen) atoms. The Morgan fingerprint density at radius 2 is 2.45 bits per heavy atom. The second-order valence-electron chi connectivity index (χ2n) is 1.70. The Morgan fingerprint density at radius 1 is 1.82 bits per heavy atom. The van der Waals surface area contributed by atoms with Crippen LogP contribution in [0.5, 0.6) is 5.19 Å². The summed E-state index contributed by atoms with van der Waals surface area (Å²) in [6, 6.07) is 0. The molecule has 0 aliphatic heterocycles. The minimum Gasteiger partial charge on any atom is -0.477 e. The molecule has 0 aliphatic rings. The van der Waals surface area contributed by atoms with Gasteiger partial charge in [0.15, 0.2) is 5.69 Å². The molecule has 56 valence electrons. The fourth-order valence-corrected chi connectivity index (χ4v) is 1.19. The van der Waals surface area contributed by atoms with Crippen molar-refractivity contribution in [1.82, 2.24) is 4.98 Å². The number of methoxy groups -OCH3 is 1. The summed E-state index contributed by atoms with van der Waals surface area (Å²) < 4.78 is 4.85. The van der Waals surface area contributed by atoms with E-state index in [0.717, 1.165) is 11.3 Å². The Kier molecular flexibility index (Phi) is 2.14. The van der Waals surface area contributed by atoms with E-state index in [9.17, 15) is 4.79 Å². The monoisotopic (exact) mass is 169 g/mol. The molecule has 0 aromatic carbocycles. The van der Waals surface area contributed by atoms with E-state index in [-0.39, 0.29) is 15.7 Å². The maximum Gasteiger partial charge on any atom is 0.354 e. The van der Waals surface area contributed by atoms with Gasteiger partial charge in [-0.25, -0.2) is 4.79 Å². The van der Waals surface area contributed by atoms with Crippen LogP contribution in [-0.2, 0) is 0 Å². The number of carboxylic acid groups (broad SMARTS) is 1. The Morgan fingerprint density at radius 3 is 2.73 bits per heavy atom. The van der Waals surface area contributed by atoms with Gasteiger partial charge in [0.25, 0.3) is 5.19 Å². The second-order valence-corrected chi connectivity index (χ2v) is 2.70. The number of ether oxygens (including phenoxy) is 1. The van der Waals surface area contributed by atoms with E-state index in [0.29, 0.717) is 0 Å². The first-order valence-corrected chi connectivity index (χ1v) is 3.50. The third kappa shape index (κ3) is 1.51.